The molecule has 0 spiro atoms. The van der Waals surface area contributed by atoms with Crippen molar-refractivity contribution in [3.63, 3.8) is 0 Å². The van der Waals surface area contributed by atoms with Gasteiger partial charge in [0.1, 0.15) is 5.01 Å². The van der Waals surface area contributed by atoms with Gasteiger partial charge in [-0.1, -0.05) is 0 Å². The molecule has 1 aliphatic carbocycles. The number of nitrogens with zero attached hydrogens (tertiary/aromatic N) is 2. The first-order valence-electron chi connectivity index (χ1n) is 8.63. The standard InChI is InChI=1S/C18H21N3O2S2/c1-11-9-25-18(19-11)15(6-12-4-5-24-10-12)20-17(23)13-7-16(22)21(8-13)14-2-3-14/h4-5,9-10,13-15H,2-3,6-8H2,1H3,(H,20,23). The van der Waals surface area contributed by atoms with Crippen molar-refractivity contribution in [3.8, 4) is 0 Å². The Labute approximate surface area is 155 Å². The highest BCUT2D eigenvalue weighted by Crippen LogP contribution is 2.33. The number of likely N-dealkylation sites (tertiary alicyclic amines) is 1. The molecule has 1 N–H and O–H groups in total. The third kappa shape index (κ3) is 3.77. The van der Waals surface area contributed by atoms with E-state index < -0.39 is 0 Å². The van der Waals surface area contributed by atoms with Gasteiger partial charge in [-0.15, -0.1) is 11.3 Å². The van der Waals surface area contributed by atoms with Crippen molar-refractivity contribution in [2.75, 3.05) is 6.54 Å². The summed E-state index contributed by atoms with van der Waals surface area (Å²) in [5.41, 5.74) is 2.17. The Morgan fingerprint density at radius 3 is 2.92 bits per heavy atom. The largest absolute Gasteiger partial charge is 0.346 e. The van der Waals surface area contributed by atoms with E-state index in [0.29, 0.717) is 19.0 Å². The van der Waals surface area contributed by atoms with Crippen LogP contribution in [0.1, 0.15) is 41.6 Å². The molecule has 2 aliphatic rings. The van der Waals surface area contributed by atoms with Gasteiger partial charge in [0.2, 0.25) is 11.8 Å². The van der Waals surface area contributed by atoms with E-state index in [0.717, 1.165) is 30.0 Å². The molecule has 7 heteroatoms. The van der Waals surface area contributed by atoms with Crippen LogP contribution in [-0.2, 0) is 16.0 Å². The van der Waals surface area contributed by atoms with Crippen molar-refractivity contribution in [3.05, 3.63) is 38.5 Å². The summed E-state index contributed by atoms with van der Waals surface area (Å²) < 4.78 is 0. The lowest BCUT2D eigenvalue weighted by atomic mass is 10.1. The Hall–Kier alpha value is -1.73. The van der Waals surface area contributed by atoms with Crippen LogP contribution >= 0.6 is 22.7 Å². The van der Waals surface area contributed by atoms with Gasteiger partial charge in [0.25, 0.3) is 0 Å². The number of carbonyl (C=O) groups excluding carboxylic acids is 2. The van der Waals surface area contributed by atoms with Crippen LogP contribution in [0.3, 0.4) is 0 Å². The quantitative estimate of drug-likeness (QED) is 0.844. The Morgan fingerprint density at radius 1 is 1.44 bits per heavy atom. The average molecular weight is 376 g/mol. The van der Waals surface area contributed by atoms with Gasteiger partial charge in [-0.3, -0.25) is 9.59 Å². The van der Waals surface area contributed by atoms with Crippen molar-refractivity contribution in [1.82, 2.24) is 15.2 Å². The summed E-state index contributed by atoms with van der Waals surface area (Å²) in [7, 11) is 0. The minimum Gasteiger partial charge on any atom is -0.346 e. The highest BCUT2D eigenvalue weighted by molar-refractivity contribution is 7.09. The van der Waals surface area contributed by atoms with Crippen LogP contribution in [0.5, 0.6) is 0 Å². The lowest BCUT2D eigenvalue weighted by Gasteiger charge is -2.19. The molecule has 132 valence electrons. The summed E-state index contributed by atoms with van der Waals surface area (Å²) in [6.45, 7) is 2.53. The molecule has 2 amide bonds. The number of aromatic nitrogens is 1. The average Bonchev–Trinajstić information content (AvgIpc) is 2.98. The van der Waals surface area contributed by atoms with Crippen LogP contribution in [-0.4, -0.2) is 34.3 Å². The number of amides is 2. The van der Waals surface area contributed by atoms with Gasteiger partial charge in [0.15, 0.2) is 0 Å². The molecular weight excluding hydrogens is 354 g/mol. The minimum atomic E-state index is -0.237. The third-order valence-corrected chi connectivity index (χ3v) is 6.60. The van der Waals surface area contributed by atoms with Crippen LogP contribution in [0.25, 0.3) is 0 Å². The number of thiazole rings is 1. The number of thiophene rings is 1. The van der Waals surface area contributed by atoms with E-state index >= 15 is 0 Å². The predicted octanol–water partition coefficient (Wildman–Crippen LogP) is 2.92. The van der Waals surface area contributed by atoms with Gasteiger partial charge in [0.05, 0.1) is 12.0 Å². The second-order valence-corrected chi connectivity index (χ2v) is 8.57. The minimum absolute atomic E-state index is 0.0235. The van der Waals surface area contributed by atoms with Crippen LogP contribution in [0.15, 0.2) is 22.2 Å². The molecule has 4 rings (SSSR count). The maximum absolute atomic E-state index is 12.8. The number of rotatable bonds is 6. The second kappa shape index (κ2) is 6.88. The predicted molar refractivity (Wildman–Crippen MR) is 98.6 cm³/mol. The SMILES string of the molecule is Cc1csc(C(Cc2ccsc2)NC(=O)C2CC(=O)N(C3CC3)C2)n1. The third-order valence-electron chi connectivity index (χ3n) is 4.79. The van der Waals surface area contributed by atoms with Gasteiger partial charge in [-0.05, 0) is 42.2 Å². The van der Waals surface area contributed by atoms with Gasteiger partial charge in [0, 0.05) is 36.5 Å². The van der Waals surface area contributed by atoms with E-state index in [4.69, 9.17) is 0 Å². The molecule has 1 saturated heterocycles. The van der Waals surface area contributed by atoms with Crippen molar-refractivity contribution in [2.24, 2.45) is 5.92 Å². The molecule has 2 unspecified atom stereocenters. The number of nitrogens with one attached hydrogen (secondary N) is 1. The van der Waals surface area contributed by atoms with E-state index in [1.165, 1.54) is 5.56 Å². The van der Waals surface area contributed by atoms with Crippen molar-refractivity contribution in [2.45, 2.75) is 44.7 Å². The molecule has 5 nitrogen and oxygen atoms in total. The molecule has 0 radical (unpaired) electrons. The van der Waals surface area contributed by atoms with Crippen LogP contribution in [0, 0.1) is 12.8 Å². The van der Waals surface area contributed by atoms with E-state index in [9.17, 15) is 9.59 Å². The lowest BCUT2D eigenvalue weighted by molar-refractivity contribution is -0.129. The molecular formula is C18H21N3O2S2. The lowest BCUT2D eigenvalue weighted by Crippen LogP contribution is -2.36. The monoisotopic (exact) mass is 375 g/mol. The maximum Gasteiger partial charge on any atom is 0.225 e. The Morgan fingerprint density at radius 2 is 2.28 bits per heavy atom. The van der Waals surface area contributed by atoms with Crippen molar-refractivity contribution in [1.29, 1.82) is 0 Å². The zero-order valence-corrected chi connectivity index (χ0v) is 15.7. The highest BCUT2D eigenvalue weighted by Gasteiger charge is 2.42. The Bertz CT molecular complexity index is 767. The molecule has 2 aromatic rings. The summed E-state index contributed by atoms with van der Waals surface area (Å²) in [5, 5.41) is 10.3. The summed E-state index contributed by atoms with van der Waals surface area (Å²) >= 11 is 3.24. The first-order chi connectivity index (χ1) is 12.1. The highest BCUT2D eigenvalue weighted by atomic mass is 32.1. The first-order valence-corrected chi connectivity index (χ1v) is 10.5. The van der Waals surface area contributed by atoms with Gasteiger partial charge in [-0.2, -0.15) is 11.3 Å². The number of aryl methyl sites for hydroxylation is 1. The molecule has 1 aliphatic heterocycles. The fourth-order valence-electron chi connectivity index (χ4n) is 3.31. The van der Waals surface area contributed by atoms with E-state index in [1.54, 1.807) is 22.7 Å². The molecule has 1 saturated carbocycles. The molecule has 0 bridgehead atoms. The second-order valence-electron chi connectivity index (χ2n) is 6.90. The maximum atomic E-state index is 12.8. The van der Waals surface area contributed by atoms with E-state index in [1.807, 2.05) is 22.6 Å². The van der Waals surface area contributed by atoms with Crippen molar-refractivity contribution < 1.29 is 9.59 Å². The molecule has 3 heterocycles. The molecule has 2 atom stereocenters. The molecule has 25 heavy (non-hydrogen) atoms. The summed E-state index contributed by atoms with van der Waals surface area (Å²) in [6, 6.07) is 2.33. The summed E-state index contributed by atoms with van der Waals surface area (Å²) in [6.07, 6.45) is 3.23. The van der Waals surface area contributed by atoms with E-state index in [2.05, 4.69) is 21.7 Å². The van der Waals surface area contributed by atoms with Gasteiger partial charge < -0.3 is 10.2 Å². The fraction of sp³-hybridized carbons (Fsp3) is 0.500. The normalized spacial score (nSPS) is 21.6. The molecule has 2 aromatic heterocycles. The topological polar surface area (TPSA) is 62.3 Å². The number of hydrogen-bond acceptors (Lipinski definition) is 5. The fourth-order valence-corrected chi connectivity index (χ4v) is 4.84. The smallest absolute Gasteiger partial charge is 0.225 e. The van der Waals surface area contributed by atoms with Crippen LogP contribution in [0.4, 0.5) is 0 Å². The van der Waals surface area contributed by atoms with Gasteiger partial charge in [-0.25, -0.2) is 4.98 Å². The van der Waals surface area contributed by atoms with Gasteiger partial charge >= 0.3 is 0 Å². The molecule has 2 fully saturated rings. The zero-order chi connectivity index (χ0) is 17.4. The Balaban J connectivity index is 1.46. The number of hydrogen-bond donors (Lipinski definition) is 1. The Kier molecular flexibility index (Phi) is 4.60. The van der Waals surface area contributed by atoms with Crippen LogP contribution < -0.4 is 5.32 Å². The van der Waals surface area contributed by atoms with Crippen molar-refractivity contribution >= 4 is 34.5 Å². The summed E-state index contributed by atoms with van der Waals surface area (Å²) in [5.74, 6) is -0.133. The zero-order valence-electron chi connectivity index (χ0n) is 14.1. The van der Waals surface area contributed by atoms with E-state index in [-0.39, 0.29) is 23.8 Å². The van der Waals surface area contributed by atoms with Crippen LogP contribution in [0.2, 0.25) is 0 Å². The number of carbonyl (C=O) groups is 2. The molecule has 0 aromatic carbocycles. The summed E-state index contributed by atoms with van der Waals surface area (Å²) in [4.78, 5) is 31.4. The first kappa shape index (κ1) is 16.7.